The van der Waals surface area contributed by atoms with Crippen LogP contribution in [0.25, 0.3) is 21.5 Å². The maximum atomic E-state index is 13.0. The van der Waals surface area contributed by atoms with Crippen LogP contribution in [-0.4, -0.2) is 33.3 Å². The molecule has 170 valence electrons. The van der Waals surface area contributed by atoms with Gasteiger partial charge < -0.3 is 10.1 Å². The molecule has 1 amide bonds. The van der Waals surface area contributed by atoms with Gasteiger partial charge in [0.2, 0.25) is 5.91 Å². The van der Waals surface area contributed by atoms with Crippen molar-refractivity contribution in [2.75, 3.05) is 18.2 Å². The van der Waals surface area contributed by atoms with Gasteiger partial charge in [0.15, 0.2) is 10.3 Å². The molecule has 3 heterocycles. The third-order valence-corrected chi connectivity index (χ3v) is 8.60. The summed E-state index contributed by atoms with van der Waals surface area (Å²) in [6.07, 6.45) is 4.26. The molecule has 0 saturated heterocycles. The zero-order valence-electron chi connectivity index (χ0n) is 18.2. The number of nitrogens with one attached hydrogen (secondary N) is 1. The third kappa shape index (κ3) is 4.42. The maximum Gasteiger partial charge on any atom is 0.262 e. The number of rotatable bonds is 6. The number of thiazole rings is 1. The monoisotopic (exact) mass is 498 g/mol. The standard InChI is InChI=1S/C23H22N4O3S3/c1-27-21(29)19-15-5-3-4-6-17(15)33-20(19)26-23(27)32-12-18(28)25-22-24-16(11-31-22)13-7-9-14(30-2)10-8-13/h7-11H,3-6,12H2,1-2H3,(H,24,25,28). The summed E-state index contributed by atoms with van der Waals surface area (Å²) in [5, 5.41) is 6.61. The molecule has 1 N–H and O–H groups in total. The Balaban J connectivity index is 1.27. The number of thiophene rings is 1. The number of aromatic nitrogens is 3. The highest BCUT2D eigenvalue weighted by molar-refractivity contribution is 7.99. The number of thioether (sulfide) groups is 1. The minimum Gasteiger partial charge on any atom is -0.497 e. The van der Waals surface area contributed by atoms with Crippen LogP contribution in [-0.2, 0) is 24.7 Å². The van der Waals surface area contributed by atoms with Crippen LogP contribution >= 0.6 is 34.4 Å². The molecule has 1 aromatic carbocycles. The van der Waals surface area contributed by atoms with E-state index < -0.39 is 0 Å². The summed E-state index contributed by atoms with van der Waals surface area (Å²) in [5.41, 5.74) is 2.90. The Kier molecular flexibility index (Phi) is 6.22. The number of aryl methyl sites for hydroxylation is 2. The summed E-state index contributed by atoms with van der Waals surface area (Å²) in [6.45, 7) is 0. The zero-order valence-corrected chi connectivity index (χ0v) is 20.7. The first-order chi connectivity index (χ1) is 16.0. The van der Waals surface area contributed by atoms with E-state index in [1.807, 2.05) is 29.6 Å². The Morgan fingerprint density at radius 3 is 2.79 bits per heavy atom. The van der Waals surface area contributed by atoms with Crippen molar-refractivity contribution in [3.8, 4) is 17.0 Å². The fraction of sp³-hybridized carbons (Fsp3) is 0.304. The van der Waals surface area contributed by atoms with E-state index in [4.69, 9.17) is 9.72 Å². The number of anilines is 1. The predicted molar refractivity (Wildman–Crippen MR) is 135 cm³/mol. The summed E-state index contributed by atoms with van der Waals surface area (Å²) in [7, 11) is 3.35. The third-order valence-electron chi connectivity index (χ3n) is 5.62. The van der Waals surface area contributed by atoms with Crippen LogP contribution in [0.15, 0.2) is 39.6 Å². The first kappa shape index (κ1) is 22.1. The van der Waals surface area contributed by atoms with Gasteiger partial charge in [-0.3, -0.25) is 14.2 Å². The minimum absolute atomic E-state index is 0.0219. The molecule has 4 aromatic rings. The van der Waals surface area contributed by atoms with Gasteiger partial charge in [-0.05, 0) is 55.5 Å². The van der Waals surface area contributed by atoms with Crippen molar-refractivity contribution in [3.05, 3.63) is 50.4 Å². The topological polar surface area (TPSA) is 86.1 Å². The van der Waals surface area contributed by atoms with E-state index >= 15 is 0 Å². The highest BCUT2D eigenvalue weighted by Crippen LogP contribution is 2.34. The number of ether oxygens (including phenoxy) is 1. The summed E-state index contributed by atoms with van der Waals surface area (Å²) in [5.74, 6) is 0.743. The second-order valence-corrected chi connectivity index (χ2v) is 10.6. The van der Waals surface area contributed by atoms with Crippen LogP contribution < -0.4 is 15.6 Å². The number of carbonyl (C=O) groups is 1. The summed E-state index contributed by atoms with van der Waals surface area (Å²) >= 11 is 4.26. The van der Waals surface area contributed by atoms with E-state index in [1.54, 1.807) is 30.1 Å². The van der Waals surface area contributed by atoms with Gasteiger partial charge in [-0.2, -0.15) is 0 Å². The van der Waals surface area contributed by atoms with Crippen LogP contribution in [0.5, 0.6) is 5.75 Å². The Labute approximate surface area is 202 Å². The van der Waals surface area contributed by atoms with Crippen molar-refractivity contribution >= 4 is 55.7 Å². The maximum absolute atomic E-state index is 13.0. The fourth-order valence-electron chi connectivity index (χ4n) is 3.91. The van der Waals surface area contributed by atoms with Gasteiger partial charge in [-0.25, -0.2) is 9.97 Å². The molecule has 0 aliphatic heterocycles. The molecule has 10 heteroatoms. The quantitative estimate of drug-likeness (QED) is 0.305. The van der Waals surface area contributed by atoms with Crippen molar-refractivity contribution in [2.45, 2.75) is 30.8 Å². The highest BCUT2D eigenvalue weighted by atomic mass is 32.2. The van der Waals surface area contributed by atoms with E-state index in [-0.39, 0.29) is 17.2 Å². The summed E-state index contributed by atoms with van der Waals surface area (Å²) in [6, 6.07) is 7.61. The number of methoxy groups -OCH3 is 1. The number of hydrogen-bond acceptors (Lipinski definition) is 8. The molecule has 1 aliphatic carbocycles. The van der Waals surface area contributed by atoms with Gasteiger partial charge in [0.05, 0.1) is 23.9 Å². The van der Waals surface area contributed by atoms with Crippen molar-refractivity contribution in [2.24, 2.45) is 7.05 Å². The molecule has 0 fully saturated rings. The van der Waals surface area contributed by atoms with E-state index in [2.05, 4.69) is 10.3 Å². The summed E-state index contributed by atoms with van der Waals surface area (Å²) in [4.78, 5) is 36.8. The largest absolute Gasteiger partial charge is 0.497 e. The van der Waals surface area contributed by atoms with Crippen molar-refractivity contribution in [1.29, 1.82) is 0 Å². The predicted octanol–water partition coefficient (Wildman–Crippen LogP) is 4.74. The SMILES string of the molecule is COc1ccc(-c2csc(NC(=O)CSc3nc4sc5c(c4c(=O)n3C)CCCC5)n2)cc1. The van der Waals surface area contributed by atoms with Crippen LogP contribution in [0.3, 0.4) is 0 Å². The van der Waals surface area contributed by atoms with Crippen LogP contribution in [0.2, 0.25) is 0 Å². The molecule has 7 nitrogen and oxygen atoms in total. The number of nitrogens with zero attached hydrogens (tertiary/aromatic N) is 3. The first-order valence-electron chi connectivity index (χ1n) is 10.6. The van der Waals surface area contributed by atoms with Gasteiger partial charge in [-0.1, -0.05) is 11.8 Å². The molecule has 0 saturated carbocycles. The number of amides is 1. The number of carbonyl (C=O) groups excluding carboxylic acids is 1. The molecule has 0 atom stereocenters. The summed E-state index contributed by atoms with van der Waals surface area (Å²) < 4.78 is 6.75. The van der Waals surface area contributed by atoms with Gasteiger partial charge in [0, 0.05) is 22.9 Å². The van der Waals surface area contributed by atoms with Gasteiger partial charge in [0.25, 0.3) is 5.56 Å². The normalized spacial score (nSPS) is 13.2. The Bertz CT molecular complexity index is 1390. The Morgan fingerprint density at radius 1 is 1.21 bits per heavy atom. The average molecular weight is 499 g/mol. The van der Waals surface area contributed by atoms with Gasteiger partial charge in [0.1, 0.15) is 10.6 Å². The van der Waals surface area contributed by atoms with E-state index in [0.717, 1.165) is 46.5 Å². The fourth-order valence-corrected chi connectivity index (χ4v) is 6.72. The lowest BCUT2D eigenvalue weighted by atomic mass is 9.97. The lowest BCUT2D eigenvalue weighted by Crippen LogP contribution is -2.21. The van der Waals surface area contributed by atoms with Crippen LogP contribution in [0, 0.1) is 0 Å². The Hall–Kier alpha value is -2.69. The molecule has 0 radical (unpaired) electrons. The van der Waals surface area contributed by atoms with Crippen molar-refractivity contribution < 1.29 is 9.53 Å². The van der Waals surface area contributed by atoms with E-state index in [1.165, 1.54) is 40.0 Å². The molecular formula is C23H22N4O3S3. The molecule has 3 aromatic heterocycles. The van der Waals surface area contributed by atoms with E-state index in [0.29, 0.717) is 10.3 Å². The number of benzene rings is 1. The molecule has 33 heavy (non-hydrogen) atoms. The van der Waals surface area contributed by atoms with Crippen molar-refractivity contribution in [3.63, 3.8) is 0 Å². The molecule has 5 rings (SSSR count). The molecule has 0 bridgehead atoms. The second-order valence-electron chi connectivity index (χ2n) is 7.75. The number of hydrogen-bond donors (Lipinski definition) is 1. The average Bonchev–Trinajstić information content (AvgIpc) is 3.45. The lowest BCUT2D eigenvalue weighted by Gasteiger charge is -2.10. The minimum atomic E-state index is -0.185. The smallest absolute Gasteiger partial charge is 0.262 e. The Morgan fingerprint density at radius 2 is 2.00 bits per heavy atom. The van der Waals surface area contributed by atoms with Crippen LogP contribution in [0.4, 0.5) is 5.13 Å². The molecule has 1 aliphatic rings. The molecular weight excluding hydrogens is 476 g/mol. The lowest BCUT2D eigenvalue weighted by molar-refractivity contribution is -0.113. The molecule has 0 unspecified atom stereocenters. The zero-order chi connectivity index (χ0) is 22.9. The van der Waals surface area contributed by atoms with Crippen LogP contribution in [0.1, 0.15) is 23.3 Å². The van der Waals surface area contributed by atoms with E-state index in [9.17, 15) is 9.59 Å². The highest BCUT2D eigenvalue weighted by Gasteiger charge is 2.21. The second kappa shape index (κ2) is 9.28. The van der Waals surface area contributed by atoms with Gasteiger partial charge in [-0.15, -0.1) is 22.7 Å². The van der Waals surface area contributed by atoms with Crippen molar-refractivity contribution in [1.82, 2.24) is 14.5 Å². The van der Waals surface area contributed by atoms with Gasteiger partial charge >= 0.3 is 0 Å². The molecule has 0 spiro atoms. The number of fused-ring (bicyclic) bond motifs is 3. The first-order valence-corrected chi connectivity index (χ1v) is 13.3.